The van der Waals surface area contributed by atoms with Gasteiger partial charge in [0.25, 0.3) is 0 Å². The number of benzene rings is 2. The minimum atomic E-state index is -0.999. The van der Waals surface area contributed by atoms with Gasteiger partial charge in [0, 0.05) is 43.7 Å². The number of likely N-dealkylation sites (N-methyl/N-ethyl adjacent to an activating group) is 1. The van der Waals surface area contributed by atoms with Crippen molar-refractivity contribution in [2.45, 2.75) is 44.6 Å². The van der Waals surface area contributed by atoms with Crippen molar-refractivity contribution in [3.8, 4) is 6.07 Å². The molecule has 0 aromatic heterocycles. The van der Waals surface area contributed by atoms with E-state index in [2.05, 4.69) is 29.8 Å². The Bertz CT molecular complexity index is 1010. The molecule has 1 aliphatic heterocycles. The summed E-state index contributed by atoms with van der Waals surface area (Å²) < 4.78 is 19.1. The van der Waals surface area contributed by atoms with E-state index in [1.165, 1.54) is 12.1 Å². The van der Waals surface area contributed by atoms with Crippen LogP contribution in [-0.2, 0) is 16.8 Å². The fourth-order valence-corrected chi connectivity index (χ4v) is 5.25. The summed E-state index contributed by atoms with van der Waals surface area (Å²) in [5, 5.41) is 21.8. The van der Waals surface area contributed by atoms with E-state index in [0.29, 0.717) is 23.6 Å². The van der Waals surface area contributed by atoms with Gasteiger partial charge in [-0.25, -0.2) is 4.39 Å². The van der Waals surface area contributed by atoms with Gasteiger partial charge >= 0.3 is 0 Å². The third kappa shape index (κ3) is 7.99. The molecule has 1 N–H and O–H groups in total. The first-order valence-electron chi connectivity index (χ1n) is 13.0. The van der Waals surface area contributed by atoms with E-state index in [-0.39, 0.29) is 11.7 Å². The van der Waals surface area contributed by atoms with E-state index in [1.807, 2.05) is 18.2 Å². The predicted octanol–water partition coefficient (Wildman–Crippen LogP) is 5.24. The molecule has 0 amide bonds. The highest BCUT2D eigenvalue weighted by atomic mass is 35.5. The smallest absolute Gasteiger partial charge is 0.124 e. The number of rotatable bonds is 13. The van der Waals surface area contributed by atoms with E-state index in [4.69, 9.17) is 16.3 Å². The maximum Gasteiger partial charge on any atom is 0.124 e. The van der Waals surface area contributed by atoms with Crippen LogP contribution >= 0.6 is 11.6 Å². The molecule has 2 atom stereocenters. The van der Waals surface area contributed by atoms with Gasteiger partial charge in [0.15, 0.2) is 0 Å². The molecule has 1 saturated heterocycles. The van der Waals surface area contributed by atoms with Gasteiger partial charge in [-0.2, -0.15) is 5.26 Å². The largest absolute Gasteiger partial charge is 0.385 e. The number of piperidine rings is 1. The zero-order valence-corrected chi connectivity index (χ0v) is 22.3. The Hall–Kier alpha value is -2.01. The average molecular weight is 516 g/mol. The maximum absolute atomic E-state index is 13.4. The summed E-state index contributed by atoms with van der Waals surface area (Å²) in [5.74, 6) is -0.336. The monoisotopic (exact) mass is 515 g/mol. The molecule has 0 bridgehead atoms. The number of likely N-dealkylation sites (tertiary alicyclic amines) is 1. The summed E-state index contributed by atoms with van der Waals surface area (Å²) in [4.78, 5) is 4.63. The van der Waals surface area contributed by atoms with E-state index in [9.17, 15) is 14.8 Å². The molecular formula is C29H39ClFN3O2. The Balaban J connectivity index is 1.65. The van der Waals surface area contributed by atoms with Gasteiger partial charge in [-0.15, -0.1) is 0 Å². The Morgan fingerprint density at radius 1 is 1.25 bits per heavy atom. The van der Waals surface area contributed by atoms with Crippen LogP contribution in [0.1, 0.15) is 49.3 Å². The number of nitriles is 1. The van der Waals surface area contributed by atoms with Crippen molar-refractivity contribution >= 4 is 11.6 Å². The van der Waals surface area contributed by atoms with Crippen molar-refractivity contribution in [3.63, 3.8) is 0 Å². The fourth-order valence-electron chi connectivity index (χ4n) is 4.99. The second-order valence-corrected chi connectivity index (χ2v) is 10.3. The molecule has 5 nitrogen and oxygen atoms in total. The standard InChI is InChI=1S/C29H39ClFN3O2/c1-3-4-16-36-17-15-33(2)21-26-22-34(13-6-8-24-10-11-27(31)19-28(24)30)14-12-29(26,35)25-9-5-7-23(18-25)20-32/h5,7,9-11,18-19,26,35H,3-4,6,8,12-17,21-22H2,1-2H3. The van der Waals surface area contributed by atoms with Gasteiger partial charge in [0.1, 0.15) is 5.82 Å². The van der Waals surface area contributed by atoms with Crippen LogP contribution in [0.5, 0.6) is 0 Å². The Morgan fingerprint density at radius 2 is 2.08 bits per heavy atom. The molecule has 3 rings (SSSR count). The van der Waals surface area contributed by atoms with Crippen molar-refractivity contribution in [1.82, 2.24) is 9.80 Å². The third-order valence-electron chi connectivity index (χ3n) is 7.18. The van der Waals surface area contributed by atoms with Crippen LogP contribution in [0.2, 0.25) is 5.02 Å². The second-order valence-electron chi connectivity index (χ2n) is 9.93. The van der Waals surface area contributed by atoms with Gasteiger partial charge in [-0.3, -0.25) is 0 Å². The molecule has 196 valence electrons. The van der Waals surface area contributed by atoms with E-state index >= 15 is 0 Å². The van der Waals surface area contributed by atoms with E-state index in [1.54, 1.807) is 12.1 Å². The summed E-state index contributed by atoms with van der Waals surface area (Å²) in [5.41, 5.74) is 1.34. The number of hydrogen-bond donors (Lipinski definition) is 1. The number of nitrogens with zero attached hydrogens (tertiary/aromatic N) is 3. The lowest BCUT2D eigenvalue weighted by Crippen LogP contribution is -2.53. The number of ether oxygens (including phenoxy) is 1. The molecular weight excluding hydrogens is 477 g/mol. The second kappa shape index (κ2) is 14.1. The van der Waals surface area contributed by atoms with Crippen molar-refractivity contribution in [2.75, 3.05) is 53.0 Å². The molecule has 0 spiro atoms. The van der Waals surface area contributed by atoms with Crippen LogP contribution in [0, 0.1) is 23.1 Å². The van der Waals surface area contributed by atoms with Crippen LogP contribution in [-0.4, -0.2) is 67.9 Å². The lowest BCUT2D eigenvalue weighted by molar-refractivity contribution is -0.0871. The highest BCUT2D eigenvalue weighted by Crippen LogP contribution is 2.38. The Labute approximate surface area is 220 Å². The minimum absolute atomic E-state index is 0.0183. The van der Waals surface area contributed by atoms with E-state index < -0.39 is 5.60 Å². The highest BCUT2D eigenvalue weighted by molar-refractivity contribution is 6.31. The van der Waals surface area contributed by atoms with Crippen LogP contribution in [0.15, 0.2) is 42.5 Å². The molecule has 0 radical (unpaired) electrons. The normalized spacial score (nSPS) is 20.5. The first-order valence-corrected chi connectivity index (χ1v) is 13.4. The lowest BCUT2D eigenvalue weighted by atomic mass is 9.75. The molecule has 2 aromatic carbocycles. The van der Waals surface area contributed by atoms with Crippen molar-refractivity contribution in [3.05, 3.63) is 70.0 Å². The highest BCUT2D eigenvalue weighted by Gasteiger charge is 2.43. The molecule has 1 heterocycles. The van der Waals surface area contributed by atoms with Crippen molar-refractivity contribution in [1.29, 1.82) is 5.26 Å². The molecule has 2 aromatic rings. The topological polar surface area (TPSA) is 59.7 Å². The number of aryl methyl sites for hydroxylation is 1. The number of unbranched alkanes of at least 4 members (excludes halogenated alkanes) is 1. The van der Waals surface area contributed by atoms with Crippen LogP contribution in [0.3, 0.4) is 0 Å². The summed E-state index contributed by atoms with van der Waals surface area (Å²) in [6.07, 6.45) is 4.48. The fraction of sp³-hybridized carbons (Fsp3) is 0.552. The van der Waals surface area contributed by atoms with Gasteiger partial charge < -0.3 is 19.6 Å². The van der Waals surface area contributed by atoms with Gasteiger partial charge in [0.2, 0.25) is 0 Å². The van der Waals surface area contributed by atoms with Gasteiger partial charge in [-0.1, -0.05) is 43.1 Å². The summed E-state index contributed by atoms with van der Waals surface area (Å²) in [7, 11) is 2.07. The Kier molecular flexibility index (Phi) is 11.2. The quantitative estimate of drug-likeness (QED) is 0.370. The first-order chi connectivity index (χ1) is 17.4. The molecule has 1 fully saturated rings. The molecule has 7 heteroatoms. The summed E-state index contributed by atoms with van der Waals surface area (Å²) in [6, 6.07) is 14.2. The van der Waals surface area contributed by atoms with Crippen LogP contribution in [0.4, 0.5) is 4.39 Å². The molecule has 0 aliphatic carbocycles. The molecule has 36 heavy (non-hydrogen) atoms. The first kappa shape index (κ1) is 28.6. The van der Waals surface area contributed by atoms with Crippen molar-refractivity contribution < 1.29 is 14.2 Å². The lowest BCUT2D eigenvalue weighted by Gasteiger charge is -2.46. The number of aliphatic hydroxyl groups is 1. The Morgan fingerprint density at radius 3 is 2.83 bits per heavy atom. The number of halogens is 2. The van der Waals surface area contributed by atoms with Crippen molar-refractivity contribution in [2.24, 2.45) is 5.92 Å². The number of hydrogen-bond acceptors (Lipinski definition) is 5. The molecule has 0 saturated carbocycles. The summed E-state index contributed by atoms with van der Waals surface area (Å²) in [6.45, 7) is 7.54. The predicted molar refractivity (Wildman–Crippen MR) is 143 cm³/mol. The van der Waals surface area contributed by atoms with Crippen LogP contribution < -0.4 is 0 Å². The summed E-state index contributed by atoms with van der Waals surface area (Å²) >= 11 is 6.21. The van der Waals surface area contributed by atoms with Crippen LogP contribution in [0.25, 0.3) is 0 Å². The molecule has 2 unspecified atom stereocenters. The SMILES string of the molecule is CCCCOCCN(C)CC1CN(CCCc2ccc(F)cc2Cl)CCC1(O)c1cccc(C#N)c1. The third-order valence-corrected chi connectivity index (χ3v) is 7.53. The van der Waals surface area contributed by atoms with Gasteiger partial charge in [0.05, 0.1) is 23.8 Å². The maximum atomic E-state index is 13.4. The van der Waals surface area contributed by atoms with E-state index in [0.717, 1.165) is 76.1 Å². The zero-order chi connectivity index (χ0) is 26.0. The molecule has 1 aliphatic rings. The zero-order valence-electron chi connectivity index (χ0n) is 21.6. The minimum Gasteiger partial charge on any atom is -0.385 e. The average Bonchev–Trinajstić information content (AvgIpc) is 2.87. The van der Waals surface area contributed by atoms with Gasteiger partial charge in [-0.05, 0) is 74.7 Å².